The zero-order valence-electron chi connectivity index (χ0n) is 27.0. The van der Waals surface area contributed by atoms with Crippen molar-refractivity contribution in [2.24, 2.45) is 0 Å². The highest BCUT2D eigenvalue weighted by Gasteiger charge is 2.34. The van der Waals surface area contributed by atoms with Crippen LogP contribution in [0.1, 0.15) is 139 Å². The van der Waals surface area contributed by atoms with E-state index in [2.05, 4.69) is 82.3 Å². The summed E-state index contributed by atoms with van der Waals surface area (Å²) in [5.41, 5.74) is 13.6. The molecule has 0 unspecified atom stereocenters. The van der Waals surface area contributed by atoms with Crippen LogP contribution in [0, 0.1) is 13.8 Å². The third-order valence-corrected chi connectivity index (χ3v) is 9.66. The van der Waals surface area contributed by atoms with Crippen LogP contribution in [0.15, 0.2) is 54.6 Å². The molecule has 41 heavy (non-hydrogen) atoms. The molecule has 0 spiro atoms. The standard InChI is InChI=1S/C40H57B/c1-5-7-9-11-13-15-17-20-24-34-30-37-38-31-35(25-21-18-16-14-12-10-8-6-2)33(4)29-40(38)41(39(37)28-32(34)3)36-26-22-19-23-27-36/h19,22-23,26-31H,5-18,20-21,24-25H2,1-4H3. The minimum absolute atomic E-state index is 0.355. The van der Waals surface area contributed by atoms with Gasteiger partial charge in [0.15, 0.2) is 0 Å². The molecule has 0 N–H and O–H groups in total. The Bertz CT molecular complexity index is 1120. The van der Waals surface area contributed by atoms with E-state index in [4.69, 9.17) is 0 Å². The SMILES string of the molecule is CCCCCCCCCCc1cc2c(cc1C)B(c1ccccc1)c1cc(C)c(CCCCCCCCCC)cc1-2. The predicted octanol–water partition coefficient (Wildman–Crippen LogP) is 10.2. The third kappa shape index (κ3) is 8.86. The molecule has 0 saturated heterocycles. The number of aryl methyl sites for hydroxylation is 4. The van der Waals surface area contributed by atoms with E-state index in [0.29, 0.717) is 6.71 Å². The molecule has 0 saturated carbocycles. The molecule has 0 fully saturated rings. The lowest BCUT2D eigenvalue weighted by molar-refractivity contribution is 0.575. The van der Waals surface area contributed by atoms with Crippen molar-refractivity contribution in [3.8, 4) is 11.1 Å². The quantitative estimate of drug-likeness (QED) is 0.0808. The number of hydrogen-bond donors (Lipinski definition) is 0. The molecule has 0 nitrogen and oxygen atoms in total. The first kappa shape index (κ1) is 31.7. The first-order chi connectivity index (χ1) is 20.1. The maximum absolute atomic E-state index is 2.59. The summed E-state index contributed by atoms with van der Waals surface area (Å²) in [5.74, 6) is 0. The topological polar surface area (TPSA) is 0 Å². The van der Waals surface area contributed by atoms with Crippen LogP contribution in [0.3, 0.4) is 0 Å². The van der Waals surface area contributed by atoms with Gasteiger partial charge in [-0.15, -0.1) is 0 Å². The van der Waals surface area contributed by atoms with Gasteiger partial charge in [-0.2, -0.15) is 0 Å². The second-order valence-corrected chi connectivity index (χ2v) is 13.0. The summed E-state index contributed by atoms with van der Waals surface area (Å²) in [6.45, 7) is 9.67. The number of unbranched alkanes of at least 4 members (excludes halogenated alkanes) is 14. The van der Waals surface area contributed by atoms with Gasteiger partial charge in [-0.1, -0.05) is 175 Å². The highest BCUT2D eigenvalue weighted by Crippen LogP contribution is 2.30. The smallest absolute Gasteiger partial charge is 0.0686 e. The van der Waals surface area contributed by atoms with Crippen molar-refractivity contribution in [2.75, 3.05) is 0 Å². The van der Waals surface area contributed by atoms with Crippen molar-refractivity contribution < 1.29 is 0 Å². The Morgan fingerprint density at radius 2 is 0.854 bits per heavy atom. The fourth-order valence-electron chi connectivity index (χ4n) is 7.10. The van der Waals surface area contributed by atoms with Crippen LogP contribution in [0.4, 0.5) is 0 Å². The lowest BCUT2D eigenvalue weighted by Crippen LogP contribution is -2.49. The van der Waals surface area contributed by atoms with E-state index < -0.39 is 0 Å². The molecule has 1 heterocycles. The summed E-state index contributed by atoms with van der Waals surface area (Å²) < 4.78 is 0. The molecule has 1 aliphatic rings. The van der Waals surface area contributed by atoms with Crippen molar-refractivity contribution in [3.05, 3.63) is 76.9 Å². The fraction of sp³-hybridized carbons (Fsp3) is 0.550. The van der Waals surface area contributed by atoms with Gasteiger partial charge in [0.2, 0.25) is 6.71 Å². The zero-order chi connectivity index (χ0) is 28.9. The number of benzene rings is 3. The van der Waals surface area contributed by atoms with Crippen molar-refractivity contribution in [1.29, 1.82) is 0 Å². The Kier molecular flexibility index (Phi) is 13.1. The van der Waals surface area contributed by atoms with Crippen molar-refractivity contribution in [3.63, 3.8) is 0 Å². The third-order valence-electron chi connectivity index (χ3n) is 9.66. The average Bonchev–Trinajstić information content (AvgIpc) is 3.27. The lowest BCUT2D eigenvalue weighted by atomic mass is 9.38. The van der Waals surface area contributed by atoms with E-state index in [-0.39, 0.29) is 0 Å². The van der Waals surface area contributed by atoms with E-state index in [0.717, 1.165) is 0 Å². The molecule has 0 radical (unpaired) electrons. The molecule has 0 amide bonds. The monoisotopic (exact) mass is 548 g/mol. The van der Waals surface area contributed by atoms with Gasteiger partial charge < -0.3 is 0 Å². The van der Waals surface area contributed by atoms with E-state index in [9.17, 15) is 0 Å². The summed E-state index contributed by atoms with van der Waals surface area (Å²) in [5, 5.41) is 0. The predicted molar refractivity (Wildman–Crippen MR) is 185 cm³/mol. The van der Waals surface area contributed by atoms with Gasteiger partial charge in [0.1, 0.15) is 0 Å². The molecule has 0 atom stereocenters. The summed E-state index contributed by atoms with van der Waals surface area (Å²) in [7, 11) is 0. The Labute approximate surface area is 253 Å². The Morgan fingerprint density at radius 3 is 1.27 bits per heavy atom. The number of hydrogen-bond acceptors (Lipinski definition) is 0. The van der Waals surface area contributed by atoms with Crippen LogP contribution < -0.4 is 16.4 Å². The highest BCUT2D eigenvalue weighted by molar-refractivity contribution is 6.99. The van der Waals surface area contributed by atoms with Crippen LogP contribution >= 0.6 is 0 Å². The number of fused-ring (bicyclic) bond motifs is 3. The van der Waals surface area contributed by atoms with Crippen LogP contribution in [-0.2, 0) is 12.8 Å². The Morgan fingerprint density at radius 1 is 0.463 bits per heavy atom. The molecular weight excluding hydrogens is 491 g/mol. The van der Waals surface area contributed by atoms with Gasteiger partial charge in [0.25, 0.3) is 0 Å². The van der Waals surface area contributed by atoms with Crippen LogP contribution in [0.25, 0.3) is 11.1 Å². The van der Waals surface area contributed by atoms with Gasteiger partial charge in [0.05, 0.1) is 0 Å². The average molecular weight is 549 g/mol. The molecule has 0 bridgehead atoms. The summed E-state index contributed by atoms with van der Waals surface area (Å²) in [6.07, 6.45) is 24.6. The summed E-state index contributed by atoms with van der Waals surface area (Å²) in [6, 6.07) is 21.5. The molecule has 220 valence electrons. The summed E-state index contributed by atoms with van der Waals surface area (Å²) in [4.78, 5) is 0. The largest absolute Gasteiger partial charge is 0.242 e. The maximum atomic E-state index is 2.59. The molecular formula is C40H57B. The van der Waals surface area contributed by atoms with E-state index >= 15 is 0 Å². The Hall–Kier alpha value is -2.28. The van der Waals surface area contributed by atoms with Gasteiger partial charge in [0, 0.05) is 0 Å². The molecule has 3 aromatic carbocycles. The Balaban J connectivity index is 1.48. The molecule has 0 aromatic heterocycles. The fourth-order valence-corrected chi connectivity index (χ4v) is 7.10. The first-order valence-electron chi connectivity index (χ1n) is 17.5. The molecule has 1 heteroatoms. The second-order valence-electron chi connectivity index (χ2n) is 13.0. The normalized spacial score (nSPS) is 12.1. The van der Waals surface area contributed by atoms with Crippen LogP contribution in [0.2, 0.25) is 0 Å². The highest BCUT2D eigenvalue weighted by atomic mass is 14.2. The van der Waals surface area contributed by atoms with Gasteiger partial charge >= 0.3 is 0 Å². The molecule has 0 aliphatic carbocycles. The van der Waals surface area contributed by atoms with Gasteiger partial charge in [-0.05, 0) is 72.9 Å². The zero-order valence-corrected chi connectivity index (χ0v) is 27.0. The maximum Gasteiger partial charge on any atom is 0.242 e. The molecule has 3 aromatic rings. The minimum Gasteiger partial charge on any atom is -0.0686 e. The van der Waals surface area contributed by atoms with Crippen LogP contribution in [-0.4, -0.2) is 6.71 Å². The van der Waals surface area contributed by atoms with Gasteiger partial charge in [-0.3, -0.25) is 0 Å². The van der Waals surface area contributed by atoms with E-state index in [1.807, 2.05) is 0 Å². The summed E-state index contributed by atoms with van der Waals surface area (Å²) >= 11 is 0. The first-order valence-corrected chi connectivity index (χ1v) is 17.5. The number of rotatable bonds is 19. The van der Waals surface area contributed by atoms with Gasteiger partial charge in [-0.25, -0.2) is 0 Å². The van der Waals surface area contributed by atoms with Crippen molar-refractivity contribution in [2.45, 2.75) is 143 Å². The van der Waals surface area contributed by atoms with Crippen LogP contribution in [0.5, 0.6) is 0 Å². The van der Waals surface area contributed by atoms with E-state index in [1.54, 1.807) is 11.1 Å². The second kappa shape index (κ2) is 17.0. The minimum atomic E-state index is 0.355. The molecule has 4 rings (SSSR count). The lowest BCUT2D eigenvalue weighted by Gasteiger charge is -2.14. The molecule has 1 aliphatic heterocycles. The van der Waals surface area contributed by atoms with Crippen molar-refractivity contribution in [1.82, 2.24) is 0 Å². The van der Waals surface area contributed by atoms with Crippen molar-refractivity contribution >= 4 is 23.1 Å². The van der Waals surface area contributed by atoms with E-state index in [1.165, 1.54) is 154 Å².